The number of phenols is 1. The Morgan fingerprint density at radius 3 is 2.45 bits per heavy atom. The van der Waals surface area contributed by atoms with Gasteiger partial charge in [-0.05, 0) is 34.4 Å². The molecule has 1 aliphatic rings. The molecule has 29 heavy (non-hydrogen) atoms. The predicted octanol–water partition coefficient (Wildman–Crippen LogP) is 4.43. The summed E-state index contributed by atoms with van der Waals surface area (Å²) >= 11 is 0. The number of piperazine rings is 1. The van der Waals surface area contributed by atoms with E-state index >= 15 is 0 Å². The van der Waals surface area contributed by atoms with Crippen molar-refractivity contribution in [3.63, 3.8) is 0 Å². The number of nitrogens with zero attached hydrogens (tertiary/aromatic N) is 3. The average molecular weight is 386 g/mol. The monoisotopic (exact) mass is 385 g/mol. The Hall–Kier alpha value is -3.11. The lowest BCUT2D eigenvalue weighted by Gasteiger charge is -2.33. The van der Waals surface area contributed by atoms with Crippen molar-refractivity contribution in [2.75, 3.05) is 26.2 Å². The highest BCUT2D eigenvalue weighted by Gasteiger charge is 2.16. The predicted molar refractivity (Wildman–Crippen MR) is 120 cm³/mol. The van der Waals surface area contributed by atoms with Crippen molar-refractivity contribution in [3.05, 3.63) is 90.0 Å². The maximum absolute atomic E-state index is 10.4. The van der Waals surface area contributed by atoms with Gasteiger partial charge in [-0.25, -0.2) is 0 Å². The number of benzene rings is 3. The minimum atomic E-state index is 0.297. The molecule has 0 aromatic heterocycles. The Kier molecular flexibility index (Phi) is 5.92. The van der Waals surface area contributed by atoms with E-state index in [0.717, 1.165) is 43.9 Å². The molecule has 1 saturated heterocycles. The van der Waals surface area contributed by atoms with Gasteiger partial charge in [-0.3, -0.25) is 9.91 Å². The summed E-state index contributed by atoms with van der Waals surface area (Å²) in [5, 5.41) is 19.7. The van der Waals surface area contributed by atoms with Gasteiger partial charge in [-0.2, -0.15) is 5.10 Å². The van der Waals surface area contributed by atoms with Crippen LogP contribution in [0.2, 0.25) is 0 Å². The van der Waals surface area contributed by atoms with Crippen LogP contribution in [0, 0.1) is 0 Å². The van der Waals surface area contributed by atoms with E-state index in [-0.39, 0.29) is 0 Å². The fraction of sp³-hybridized carbons (Fsp3) is 0.240. The van der Waals surface area contributed by atoms with Crippen LogP contribution in [0.5, 0.6) is 5.75 Å². The Morgan fingerprint density at radius 1 is 0.897 bits per heavy atom. The largest absolute Gasteiger partial charge is 0.507 e. The van der Waals surface area contributed by atoms with Crippen LogP contribution >= 0.6 is 0 Å². The van der Waals surface area contributed by atoms with E-state index in [4.69, 9.17) is 0 Å². The van der Waals surface area contributed by atoms with Crippen molar-refractivity contribution in [1.29, 1.82) is 0 Å². The fourth-order valence-corrected chi connectivity index (χ4v) is 3.86. The first-order valence-electron chi connectivity index (χ1n) is 10.1. The molecule has 1 fully saturated rings. The van der Waals surface area contributed by atoms with E-state index in [1.54, 1.807) is 12.3 Å². The summed E-state index contributed by atoms with van der Waals surface area (Å²) in [6, 6.07) is 20.9. The van der Waals surface area contributed by atoms with Crippen LogP contribution in [0.1, 0.15) is 16.7 Å². The van der Waals surface area contributed by atoms with Crippen LogP contribution in [0.3, 0.4) is 0 Å². The number of hydrogen-bond donors (Lipinski definition) is 1. The van der Waals surface area contributed by atoms with Gasteiger partial charge in [0.05, 0.1) is 6.21 Å². The topological polar surface area (TPSA) is 39.1 Å². The molecule has 0 amide bonds. The van der Waals surface area contributed by atoms with Crippen molar-refractivity contribution in [2.24, 2.45) is 5.10 Å². The zero-order valence-corrected chi connectivity index (χ0v) is 16.7. The molecule has 4 nitrogen and oxygen atoms in total. The number of aromatic hydroxyl groups is 1. The van der Waals surface area contributed by atoms with Crippen LogP contribution in [0.15, 0.2) is 78.4 Å². The normalized spacial score (nSPS) is 15.2. The number of hydrazone groups is 1. The third-order valence-electron chi connectivity index (χ3n) is 5.50. The summed E-state index contributed by atoms with van der Waals surface area (Å²) in [6.45, 7) is 8.42. The lowest BCUT2D eigenvalue weighted by Crippen LogP contribution is -2.43. The summed E-state index contributed by atoms with van der Waals surface area (Å²) in [5.41, 5.74) is 3.01. The standard InChI is InChI=1S/C25H27N3O/c1-2-7-21-10-6-11-22(25(21)29)18-26-28-16-14-27(15-17-28)19-23-12-5-9-20-8-3-4-13-24(20)23/h2-6,8-13,18,29H,1,7,14-17,19H2/b26-18-. The molecule has 0 spiro atoms. The Balaban J connectivity index is 1.37. The Bertz CT molecular complexity index is 1010. The minimum Gasteiger partial charge on any atom is -0.507 e. The van der Waals surface area contributed by atoms with E-state index in [0.29, 0.717) is 12.2 Å². The molecule has 1 heterocycles. The average Bonchev–Trinajstić information content (AvgIpc) is 2.76. The zero-order valence-electron chi connectivity index (χ0n) is 16.7. The molecule has 1 aliphatic heterocycles. The van der Waals surface area contributed by atoms with Gasteiger partial charge in [-0.15, -0.1) is 6.58 Å². The van der Waals surface area contributed by atoms with Gasteiger partial charge in [-0.1, -0.05) is 60.7 Å². The van der Waals surface area contributed by atoms with E-state index in [1.165, 1.54) is 16.3 Å². The lowest BCUT2D eigenvalue weighted by atomic mass is 10.0. The van der Waals surface area contributed by atoms with E-state index < -0.39 is 0 Å². The van der Waals surface area contributed by atoms with Gasteiger partial charge < -0.3 is 5.11 Å². The molecule has 148 valence electrons. The molecular formula is C25H27N3O. The number of phenolic OH excluding ortho intramolecular Hbond substituents is 1. The summed E-state index contributed by atoms with van der Waals surface area (Å²) in [7, 11) is 0. The maximum Gasteiger partial charge on any atom is 0.127 e. The highest BCUT2D eigenvalue weighted by molar-refractivity contribution is 5.85. The van der Waals surface area contributed by atoms with Crippen molar-refractivity contribution in [3.8, 4) is 5.75 Å². The molecule has 3 aromatic rings. The van der Waals surface area contributed by atoms with Crippen LogP contribution in [0.4, 0.5) is 0 Å². The highest BCUT2D eigenvalue weighted by Crippen LogP contribution is 2.22. The molecule has 0 atom stereocenters. The summed E-state index contributed by atoms with van der Waals surface area (Å²) in [4.78, 5) is 2.48. The van der Waals surface area contributed by atoms with Gasteiger partial charge in [0.2, 0.25) is 0 Å². The first-order valence-corrected chi connectivity index (χ1v) is 10.1. The molecule has 3 aromatic carbocycles. The van der Waals surface area contributed by atoms with E-state index in [1.807, 2.05) is 18.2 Å². The molecule has 0 bridgehead atoms. The number of allylic oxidation sites excluding steroid dienone is 1. The SMILES string of the molecule is C=CCc1cccc(/C=N\N2CCN(Cc3cccc4ccccc34)CC2)c1O. The second kappa shape index (κ2) is 8.93. The maximum atomic E-state index is 10.4. The van der Waals surface area contributed by atoms with Crippen LogP contribution in [-0.4, -0.2) is 47.4 Å². The number of fused-ring (bicyclic) bond motifs is 1. The van der Waals surface area contributed by atoms with Crippen molar-refractivity contribution < 1.29 is 5.11 Å². The second-order valence-corrected chi connectivity index (χ2v) is 7.46. The van der Waals surface area contributed by atoms with Crippen LogP contribution in [0.25, 0.3) is 10.8 Å². The van der Waals surface area contributed by atoms with E-state index in [2.05, 4.69) is 64.1 Å². The molecule has 4 rings (SSSR count). The second-order valence-electron chi connectivity index (χ2n) is 7.46. The molecule has 0 saturated carbocycles. The zero-order chi connectivity index (χ0) is 20.1. The van der Waals surface area contributed by atoms with Crippen molar-refractivity contribution in [1.82, 2.24) is 9.91 Å². The first-order chi connectivity index (χ1) is 14.2. The van der Waals surface area contributed by atoms with E-state index in [9.17, 15) is 5.11 Å². The van der Waals surface area contributed by atoms with Gasteiger partial charge in [0, 0.05) is 38.3 Å². The van der Waals surface area contributed by atoms with Gasteiger partial charge >= 0.3 is 0 Å². The third kappa shape index (κ3) is 4.49. The third-order valence-corrected chi connectivity index (χ3v) is 5.50. The molecule has 0 unspecified atom stereocenters. The summed E-state index contributed by atoms with van der Waals surface area (Å²) in [5.74, 6) is 0.297. The molecular weight excluding hydrogens is 358 g/mol. The minimum absolute atomic E-state index is 0.297. The molecule has 1 N–H and O–H groups in total. The quantitative estimate of drug-likeness (QED) is 0.504. The number of rotatable bonds is 6. The Labute approximate surface area is 172 Å². The number of para-hydroxylation sites is 1. The van der Waals surface area contributed by atoms with Gasteiger partial charge in [0.15, 0.2) is 0 Å². The first kappa shape index (κ1) is 19.2. The highest BCUT2D eigenvalue weighted by atomic mass is 16.3. The lowest BCUT2D eigenvalue weighted by molar-refractivity contribution is 0.131. The van der Waals surface area contributed by atoms with Gasteiger partial charge in [0.25, 0.3) is 0 Å². The molecule has 0 aliphatic carbocycles. The fourth-order valence-electron chi connectivity index (χ4n) is 3.86. The van der Waals surface area contributed by atoms with Crippen molar-refractivity contribution in [2.45, 2.75) is 13.0 Å². The Morgan fingerprint density at radius 2 is 1.62 bits per heavy atom. The van der Waals surface area contributed by atoms with Crippen molar-refractivity contribution >= 4 is 17.0 Å². The summed E-state index contributed by atoms with van der Waals surface area (Å²) in [6.07, 6.45) is 4.22. The van der Waals surface area contributed by atoms with Gasteiger partial charge in [0.1, 0.15) is 5.75 Å². The molecule has 4 heteroatoms. The number of hydrogen-bond acceptors (Lipinski definition) is 4. The van der Waals surface area contributed by atoms with Crippen LogP contribution < -0.4 is 0 Å². The smallest absolute Gasteiger partial charge is 0.127 e. The summed E-state index contributed by atoms with van der Waals surface area (Å²) < 4.78 is 0. The van der Waals surface area contributed by atoms with Crippen LogP contribution in [-0.2, 0) is 13.0 Å². The molecule has 0 radical (unpaired) electrons.